The van der Waals surface area contributed by atoms with Gasteiger partial charge in [-0.1, -0.05) is 25.6 Å². The van der Waals surface area contributed by atoms with E-state index in [1.807, 2.05) is 0 Å². The number of rotatable bonds is 0. The van der Waals surface area contributed by atoms with Crippen LogP contribution < -0.4 is 5.32 Å². The lowest BCUT2D eigenvalue weighted by Crippen LogP contribution is -2.25. The standard InChI is InChI=1S/C7H13NS/c1-6-4-2-3-5-8-7(6)9/h6H,2-5H2,1H3,(H,8,9)/t6-/m1/s1. The summed E-state index contributed by atoms with van der Waals surface area (Å²) < 4.78 is 0. The minimum atomic E-state index is 0.613. The number of thiocarbonyl (C=S) groups is 1. The van der Waals surface area contributed by atoms with Gasteiger partial charge in [0.2, 0.25) is 0 Å². The Morgan fingerprint density at radius 3 is 3.11 bits per heavy atom. The summed E-state index contributed by atoms with van der Waals surface area (Å²) in [5.74, 6) is 0.613. The molecule has 52 valence electrons. The fourth-order valence-electron chi connectivity index (χ4n) is 1.09. The van der Waals surface area contributed by atoms with Gasteiger partial charge in [0, 0.05) is 12.5 Å². The first-order chi connectivity index (χ1) is 4.30. The minimum Gasteiger partial charge on any atom is -0.379 e. The smallest absolute Gasteiger partial charge is 0.0781 e. The van der Waals surface area contributed by atoms with Crippen LogP contribution in [0.4, 0.5) is 0 Å². The molecule has 1 N–H and O–H groups in total. The average molecular weight is 143 g/mol. The van der Waals surface area contributed by atoms with Gasteiger partial charge in [0.1, 0.15) is 0 Å². The van der Waals surface area contributed by atoms with Crippen molar-refractivity contribution in [3.8, 4) is 0 Å². The molecule has 0 amide bonds. The van der Waals surface area contributed by atoms with E-state index in [0.717, 1.165) is 11.5 Å². The van der Waals surface area contributed by atoms with Crippen LogP contribution in [0.3, 0.4) is 0 Å². The van der Waals surface area contributed by atoms with Crippen LogP contribution in [0.15, 0.2) is 0 Å². The molecule has 0 aromatic carbocycles. The normalized spacial score (nSPS) is 29.0. The lowest BCUT2D eigenvalue weighted by Gasteiger charge is -2.07. The van der Waals surface area contributed by atoms with Crippen LogP contribution in [0, 0.1) is 5.92 Å². The second-order valence-corrected chi connectivity index (χ2v) is 3.13. The molecular weight excluding hydrogens is 130 g/mol. The predicted octanol–water partition coefficient (Wildman–Crippen LogP) is 1.72. The van der Waals surface area contributed by atoms with Crippen LogP contribution in [0.25, 0.3) is 0 Å². The largest absolute Gasteiger partial charge is 0.379 e. The zero-order valence-electron chi connectivity index (χ0n) is 5.81. The fourth-order valence-corrected chi connectivity index (χ4v) is 1.31. The second-order valence-electron chi connectivity index (χ2n) is 2.69. The molecule has 0 aromatic heterocycles. The van der Waals surface area contributed by atoms with Crippen molar-refractivity contribution in [2.24, 2.45) is 5.92 Å². The van der Waals surface area contributed by atoms with E-state index in [0.29, 0.717) is 5.92 Å². The van der Waals surface area contributed by atoms with Crippen LogP contribution in [0.2, 0.25) is 0 Å². The van der Waals surface area contributed by atoms with Gasteiger partial charge in [-0.05, 0) is 12.8 Å². The van der Waals surface area contributed by atoms with E-state index in [-0.39, 0.29) is 0 Å². The van der Waals surface area contributed by atoms with E-state index in [1.54, 1.807) is 0 Å². The maximum absolute atomic E-state index is 5.10. The minimum absolute atomic E-state index is 0.613. The molecule has 0 aliphatic carbocycles. The third kappa shape index (κ3) is 1.94. The molecule has 0 unspecified atom stereocenters. The Labute approximate surface area is 61.8 Å². The van der Waals surface area contributed by atoms with Crippen LogP contribution in [0.1, 0.15) is 26.2 Å². The predicted molar refractivity (Wildman–Crippen MR) is 43.6 cm³/mol. The van der Waals surface area contributed by atoms with Crippen molar-refractivity contribution < 1.29 is 0 Å². The van der Waals surface area contributed by atoms with E-state index in [4.69, 9.17) is 12.2 Å². The highest BCUT2D eigenvalue weighted by atomic mass is 32.1. The lowest BCUT2D eigenvalue weighted by atomic mass is 10.1. The van der Waals surface area contributed by atoms with Gasteiger partial charge in [0.25, 0.3) is 0 Å². The van der Waals surface area contributed by atoms with Gasteiger partial charge in [-0.2, -0.15) is 0 Å². The van der Waals surface area contributed by atoms with Crippen molar-refractivity contribution >= 4 is 17.2 Å². The first-order valence-electron chi connectivity index (χ1n) is 3.58. The van der Waals surface area contributed by atoms with Gasteiger partial charge in [-0.3, -0.25) is 0 Å². The molecule has 2 heteroatoms. The maximum atomic E-state index is 5.10. The Kier molecular flexibility index (Phi) is 2.46. The topological polar surface area (TPSA) is 12.0 Å². The van der Waals surface area contributed by atoms with Crippen molar-refractivity contribution in [2.45, 2.75) is 26.2 Å². The van der Waals surface area contributed by atoms with Gasteiger partial charge in [-0.25, -0.2) is 0 Å². The molecule has 0 aromatic rings. The number of nitrogens with one attached hydrogen (secondary N) is 1. The summed E-state index contributed by atoms with van der Waals surface area (Å²) in [6.07, 6.45) is 3.88. The van der Waals surface area contributed by atoms with E-state index in [2.05, 4.69) is 12.2 Å². The van der Waals surface area contributed by atoms with E-state index in [9.17, 15) is 0 Å². The van der Waals surface area contributed by atoms with Gasteiger partial charge in [0.15, 0.2) is 0 Å². The molecule has 9 heavy (non-hydrogen) atoms. The molecule has 1 atom stereocenters. The summed E-state index contributed by atoms with van der Waals surface area (Å²) >= 11 is 5.10. The number of hydrogen-bond donors (Lipinski definition) is 1. The first kappa shape index (κ1) is 7.00. The van der Waals surface area contributed by atoms with E-state index < -0.39 is 0 Å². The van der Waals surface area contributed by atoms with Gasteiger partial charge >= 0.3 is 0 Å². The summed E-state index contributed by atoms with van der Waals surface area (Å²) in [7, 11) is 0. The highest BCUT2D eigenvalue weighted by Crippen LogP contribution is 2.11. The highest BCUT2D eigenvalue weighted by molar-refractivity contribution is 7.80. The zero-order chi connectivity index (χ0) is 6.69. The SMILES string of the molecule is C[C@@H]1CCCCNC1=S. The summed E-state index contributed by atoms with van der Waals surface area (Å²) in [6, 6.07) is 0. The van der Waals surface area contributed by atoms with Crippen molar-refractivity contribution in [3.05, 3.63) is 0 Å². The van der Waals surface area contributed by atoms with Crippen molar-refractivity contribution in [1.29, 1.82) is 0 Å². The van der Waals surface area contributed by atoms with E-state index >= 15 is 0 Å². The Morgan fingerprint density at radius 1 is 1.56 bits per heavy atom. The summed E-state index contributed by atoms with van der Waals surface area (Å²) in [5.41, 5.74) is 0. The molecule has 1 rings (SSSR count). The van der Waals surface area contributed by atoms with Gasteiger partial charge in [0.05, 0.1) is 4.99 Å². The third-order valence-electron chi connectivity index (χ3n) is 1.81. The molecule has 1 fully saturated rings. The third-order valence-corrected chi connectivity index (χ3v) is 2.36. The Balaban J connectivity index is 2.41. The molecule has 0 bridgehead atoms. The van der Waals surface area contributed by atoms with Crippen LogP contribution in [-0.2, 0) is 0 Å². The van der Waals surface area contributed by atoms with Crippen LogP contribution in [0.5, 0.6) is 0 Å². The second kappa shape index (κ2) is 3.16. The summed E-state index contributed by atoms with van der Waals surface area (Å²) in [5, 5.41) is 3.23. The van der Waals surface area contributed by atoms with Crippen molar-refractivity contribution in [1.82, 2.24) is 5.32 Å². The molecule has 1 heterocycles. The van der Waals surface area contributed by atoms with Crippen molar-refractivity contribution in [2.75, 3.05) is 6.54 Å². The molecule has 1 aliphatic heterocycles. The zero-order valence-corrected chi connectivity index (χ0v) is 6.63. The van der Waals surface area contributed by atoms with E-state index in [1.165, 1.54) is 19.3 Å². The Hall–Kier alpha value is -0.110. The Morgan fingerprint density at radius 2 is 2.33 bits per heavy atom. The van der Waals surface area contributed by atoms with Crippen LogP contribution >= 0.6 is 12.2 Å². The molecule has 0 saturated carbocycles. The molecule has 0 radical (unpaired) electrons. The monoisotopic (exact) mass is 143 g/mol. The van der Waals surface area contributed by atoms with Gasteiger partial charge < -0.3 is 5.32 Å². The fraction of sp³-hybridized carbons (Fsp3) is 0.857. The molecule has 0 spiro atoms. The lowest BCUT2D eigenvalue weighted by molar-refractivity contribution is 0.641. The molecule has 1 saturated heterocycles. The van der Waals surface area contributed by atoms with Crippen molar-refractivity contribution in [3.63, 3.8) is 0 Å². The van der Waals surface area contributed by atoms with Crippen LogP contribution in [-0.4, -0.2) is 11.5 Å². The summed E-state index contributed by atoms with van der Waals surface area (Å²) in [6.45, 7) is 3.28. The molecular formula is C7H13NS. The summed E-state index contributed by atoms with van der Waals surface area (Å²) in [4.78, 5) is 1.06. The molecule has 1 aliphatic rings. The Bertz CT molecular complexity index is 111. The maximum Gasteiger partial charge on any atom is 0.0781 e. The number of hydrogen-bond acceptors (Lipinski definition) is 1. The quantitative estimate of drug-likeness (QED) is 0.518. The van der Waals surface area contributed by atoms with Gasteiger partial charge in [-0.15, -0.1) is 0 Å². The first-order valence-corrected chi connectivity index (χ1v) is 3.99. The highest BCUT2D eigenvalue weighted by Gasteiger charge is 2.10. The molecule has 1 nitrogen and oxygen atoms in total. The average Bonchev–Trinajstić information content (AvgIpc) is 1.99.